The highest BCUT2D eigenvalue weighted by molar-refractivity contribution is 6.34. The van der Waals surface area contributed by atoms with Gasteiger partial charge in [-0.25, -0.2) is 19.0 Å². The second-order valence-electron chi connectivity index (χ2n) is 10.5. The highest BCUT2D eigenvalue weighted by Gasteiger charge is 2.28. The molecule has 1 aromatic heterocycles. The van der Waals surface area contributed by atoms with Crippen molar-refractivity contribution in [2.75, 3.05) is 31.8 Å². The van der Waals surface area contributed by atoms with Gasteiger partial charge in [-0.2, -0.15) is 0 Å². The van der Waals surface area contributed by atoms with E-state index in [2.05, 4.69) is 5.32 Å². The van der Waals surface area contributed by atoms with Crippen molar-refractivity contribution in [2.45, 2.75) is 70.9 Å². The number of carbonyl (C=O) groups excluding carboxylic acids is 3. The number of esters is 1. The minimum atomic E-state index is -0.968. The molecule has 0 saturated heterocycles. The van der Waals surface area contributed by atoms with Crippen LogP contribution < -0.4 is 10.2 Å². The molecule has 0 spiro atoms. The van der Waals surface area contributed by atoms with E-state index in [1.165, 1.54) is 19.2 Å². The molecule has 0 radical (unpaired) electrons. The minimum Gasteiger partial charge on any atom is -0.467 e. The second-order valence-corrected chi connectivity index (χ2v) is 10.9. The first-order valence-corrected chi connectivity index (χ1v) is 13.8. The lowest BCUT2D eigenvalue weighted by atomic mass is 10.0. The van der Waals surface area contributed by atoms with E-state index < -0.39 is 29.3 Å². The number of ether oxygens (including phenoxy) is 3. The van der Waals surface area contributed by atoms with Crippen molar-refractivity contribution in [3.05, 3.63) is 58.0 Å². The smallest absolute Gasteiger partial charge is 0.416 e. The third kappa shape index (κ3) is 8.89. The first kappa shape index (κ1) is 31.3. The lowest BCUT2D eigenvalue weighted by molar-refractivity contribution is -0.143. The van der Waals surface area contributed by atoms with Crippen LogP contribution in [0.25, 0.3) is 0 Å². The Balaban J connectivity index is 1.44. The summed E-state index contributed by atoms with van der Waals surface area (Å²) in [6.07, 6.45) is 3.82. The fourth-order valence-corrected chi connectivity index (χ4v) is 4.44. The number of nitrogens with one attached hydrogen (secondary N) is 1. The number of aryl methyl sites for hydroxylation is 2. The second kappa shape index (κ2) is 14.4. The summed E-state index contributed by atoms with van der Waals surface area (Å²) in [5, 5.41) is 2.22. The van der Waals surface area contributed by atoms with Crippen LogP contribution in [0.2, 0.25) is 5.02 Å². The molecule has 9 nitrogen and oxygen atoms in total. The minimum absolute atomic E-state index is 0.0681. The molecule has 2 amide bonds. The Morgan fingerprint density at radius 3 is 2.65 bits per heavy atom. The van der Waals surface area contributed by atoms with Crippen LogP contribution in [0.15, 0.2) is 30.3 Å². The van der Waals surface area contributed by atoms with E-state index >= 15 is 0 Å². The summed E-state index contributed by atoms with van der Waals surface area (Å²) in [7, 11) is 1.22. The maximum absolute atomic E-state index is 13.7. The molecule has 1 atom stereocenters. The number of hydrogen-bond donors (Lipinski definition) is 1. The number of carbonyl (C=O) groups is 3. The van der Waals surface area contributed by atoms with Crippen LogP contribution in [0, 0.1) is 5.82 Å². The third-order valence-corrected chi connectivity index (χ3v) is 6.60. The van der Waals surface area contributed by atoms with Crippen molar-refractivity contribution < 1.29 is 33.0 Å². The van der Waals surface area contributed by atoms with Gasteiger partial charge in [0.1, 0.15) is 23.3 Å². The molecule has 11 heteroatoms. The van der Waals surface area contributed by atoms with Crippen molar-refractivity contribution >= 4 is 35.4 Å². The molecule has 2 heterocycles. The highest BCUT2D eigenvalue weighted by atomic mass is 35.5. The third-order valence-electron chi connectivity index (χ3n) is 6.22. The number of methoxy groups -OCH3 is 1. The van der Waals surface area contributed by atoms with Crippen LogP contribution in [0.3, 0.4) is 0 Å². The first-order chi connectivity index (χ1) is 19.0. The van der Waals surface area contributed by atoms with E-state index in [1.807, 2.05) is 32.9 Å². The number of nitrogens with zero attached hydrogens (tertiary/aromatic N) is 2. The standard InChI is InChI=1S/C29H37ClFN3O6/c1-29(2,3)40-28(37)34-16-8-9-19-13-14-20(32-25(19)34)10-5-6-17-39-18-15-23(27(36)38-4)33-26(35)21-11-7-12-22(31)24(21)30/h7,11-14,23H,5-6,8-10,15-18H2,1-4H3,(H,33,35). The molecule has 1 aliphatic rings. The molecular weight excluding hydrogens is 541 g/mol. The number of unbranched alkanes of at least 4 members (excludes halogenated alkanes) is 1. The average molecular weight is 578 g/mol. The van der Waals surface area contributed by atoms with Crippen molar-refractivity contribution in [3.63, 3.8) is 0 Å². The zero-order chi connectivity index (χ0) is 29.3. The van der Waals surface area contributed by atoms with E-state index in [0.717, 1.165) is 43.0 Å². The molecule has 0 aliphatic carbocycles. The number of pyridine rings is 1. The Kier molecular flexibility index (Phi) is 11.3. The monoisotopic (exact) mass is 577 g/mol. The number of fused-ring (bicyclic) bond motifs is 1. The molecule has 218 valence electrons. The summed E-state index contributed by atoms with van der Waals surface area (Å²) in [6.45, 7) is 6.77. The summed E-state index contributed by atoms with van der Waals surface area (Å²) >= 11 is 5.88. The maximum atomic E-state index is 13.7. The molecule has 1 unspecified atom stereocenters. The van der Waals surface area contributed by atoms with Crippen LogP contribution in [0.1, 0.15) is 68.1 Å². The van der Waals surface area contributed by atoms with Crippen LogP contribution >= 0.6 is 11.6 Å². The van der Waals surface area contributed by atoms with Gasteiger partial charge in [0.05, 0.1) is 17.7 Å². The summed E-state index contributed by atoms with van der Waals surface area (Å²) in [6, 6.07) is 6.94. The summed E-state index contributed by atoms with van der Waals surface area (Å²) in [4.78, 5) is 43.7. The van der Waals surface area contributed by atoms with Gasteiger partial charge in [0.25, 0.3) is 5.91 Å². The maximum Gasteiger partial charge on any atom is 0.416 e. The van der Waals surface area contributed by atoms with Gasteiger partial charge in [-0.15, -0.1) is 0 Å². The van der Waals surface area contributed by atoms with Crippen molar-refractivity contribution in [1.82, 2.24) is 10.3 Å². The SMILES string of the molecule is COC(=O)C(CCOCCCCc1ccc2c(n1)N(C(=O)OC(C)(C)C)CCC2)NC(=O)c1cccc(F)c1Cl. The number of anilines is 1. The normalized spacial score (nSPS) is 13.8. The molecular formula is C29H37ClFN3O6. The molecule has 1 aromatic carbocycles. The Bertz CT molecular complexity index is 1200. The summed E-state index contributed by atoms with van der Waals surface area (Å²) in [5.74, 6) is -1.37. The van der Waals surface area contributed by atoms with Crippen molar-refractivity contribution in [2.24, 2.45) is 0 Å². The number of rotatable bonds is 11. The molecule has 0 saturated carbocycles. The fraction of sp³-hybridized carbons (Fsp3) is 0.517. The number of benzene rings is 1. The molecule has 1 N–H and O–H groups in total. The Morgan fingerprint density at radius 2 is 1.93 bits per heavy atom. The van der Waals surface area contributed by atoms with E-state index in [0.29, 0.717) is 25.4 Å². The van der Waals surface area contributed by atoms with Gasteiger partial charge in [-0.3, -0.25) is 9.69 Å². The highest BCUT2D eigenvalue weighted by Crippen LogP contribution is 2.27. The number of hydrogen-bond acceptors (Lipinski definition) is 7. The predicted octanol–water partition coefficient (Wildman–Crippen LogP) is 5.26. The molecule has 1 aliphatic heterocycles. The quantitative estimate of drug-likeness (QED) is 0.287. The Morgan fingerprint density at radius 1 is 1.15 bits per heavy atom. The van der Waals surface area contributed by atoms with Crippen LogP contribution in [-0.2, 0) is 31.8 Å². The topological polar surface area (TPSA) is 107 Å². The first-order valence-electron chi connectivity index (χ1n) is 13.4. The Hall–Kier alpha value is -3.24. The van der Waals surface area contributed by atoms with E-state index in [4.69, 9.17) is 30.8 Å². The van der Waals surface area contributed by atoms with Crippen LogP contribution in [0.4, 0.5) is 15.0 Å². The lowest BCUT2D eigenvalue weighted by Gasteiger charge is -2.31. The molecule has 2 aromatic rings. The van der Waals surface area contributed by atoms with Gasteiger partial charge < -0.3 is 19.5 Å². The zero-order valence-electron chi connectivity index (χ0n) is 23.4. The summed E-state index contributed by atoms with van der Waals surface area (Å²) < 4.78 is 29.7. The van der Waals surface area contributed by atoms with E-state index in [-0.39, 0.29) is 29.7 Å². The molecule has 40 heavy (non-hydrogen) atoms. The van der Waals surface area contributed by atoms with Crippen molar-refractivity contribution in [3.8, 4) is 0 Å². The molecule has 3 rings (SSSR count). The van der Waals surface area contributed by atoms with Crippen molar-refractivity contribution in [1.29, 1.82) is 0 Å². The van der Waals surface area contributed by atoms with Crippen LogP contribution in [-0.4, -0.2) is 61.5 Å². The molecule has 0 bridgehead atoms. The van der Waals surface area contributed by atoms with Gasteiger partial charge in [0.2, 0.25) is 0 Å². The number of aromatic nitrogens is 1. The zero-order valence-corrected chi connectivity index (χ0v) is 24.2. The summed E-state index contributed by atoms with van der Waals surface area (Å²) in [5.41, 5.74) is 1.28. The van der Waals surface area contributed by atoms with Gasteiger partial charge in [0.15, 0.2) is 0 Å². The van der Waals surface area contributed by atoms with Gasteiger partial charge in [0, 0.05) is 31.9 Å². The average Bonchev–Trinajstić information content (AvgIpc) is 2.91. The largest absolute Gasteiger partial charge is 0.467 e. The lowest BCUT2D eigenvalue weighted by Crippen LogP contribution is -2.42. The Labute approximate surface area is 239 Å². The van der Waals surface area contributed by atoms with Gasteiger partial charge >= 0.3 is 12.1 Å². The van der Waals surface area contributed by atoms with Gasteiger partial charge in [-0.05, 0) is 76.6 Å². The predicted molar refractivity (Wildman–Crippen MR) is 149 cm³/mol. The number of halogens is 2. The fourth-order valence-electron chi connectivity index (χ4n) is 4.23. The van der Waals surface area contributed by atoms with E-state index in [9.17, 15) is 18.8 Å². The number of amides is 2. The van der Waals surface area contributed by atoms with Crippen LogP contribution in [0.5, 0.6) is 0 Å². The molecule has 0 fully saturated rings. The van der Waals surface area contributed by atoms with Gasteiger partial charge in [-0.1, -0.05) is 23.7 Å². The van der Waals surface area contributed by atoms with E-state index in [1.54, 1.807) is 4.90 Å².